The number of esters is 1. The zero-order chi connectivity index (χ0) is 19.6. The maximum Gasteiger partial charge on any atom is 0.326 e. The normalized spacial score (nSPS) is 18.3. The van der Waals surface area contributed by atoms with Crippen molar-refractivity contribution >= 4 is 29.0 Å². The molecule has 0 fully saturated rings. The van der Waals surface area contributed by atoms with Gasteiger partial charge in [-0.1, -0.05) is 18.2 Å². The van der Waals surface area contributed by atoms with Crippen molar-refractivity contribution in [3.63, 3.8) is 0 Å². The average Bonchev–Trinajstić information content (AvgIpc) is 2.85. The van der Waals surface area contributed by atoms with Crippen LogP contribution in [0.5, 0.6) is 0 Å². The van der Waals surface area contributed by atoms with Gasteiger partial charge < -0.3 is 15.6 Å². The summed E-state index contributed by atoms with van der Waals surface area (Å²) in [5.74, 6) is -1.71. The van der Waals surface area contributed by atoms with Crippen LogP contribution < -0.4 is 10.6 Å². The minimum Gasteiger partial charge on any atom is -0.465 e. The lowest BCUT2D eigenvalue weighted by Gasteiger charge is -2.22. The number of ether oxygens (including phenoxy) is 1. The third kappa shape index (κ3) is 3.41. The Labute approximate surface area is 156 Å². The Morgan fingerprint density at radius 2 is 1.81 bits per heavy atom. The number of carbonyl (C=O) groups is 3. The number of nitrogens with zero attached hydrogens (tertiary/aromatic N) is 1. The van der Waals surface area contributed by atoms with Gasteiger partial charge in [-0.3, -0.25) is 19.3 Å². The van der Waals surface area contributed by atoms with Crippen molar-refractivity contribution in [2.75, 3.05) is 23.8 Å². The van der Waals surface area contributed by atoms with Gasteiger partial charge in [0, 0.05) is 16.8 Å². The smallest absolute Gasteiger partial charge is 0.326 e. The number of hydrogen-bond donors (Lipinski definition) is 2. The summed E-state index contributed by atoms with van der Waals surface area (Å²) < 4.78 is 4.90. The molecular formula is C20H20N2O5. The summed E-state index contributed by atoms with van der Waals surface area (Å²) in [4.78, 5) is 38.6. The van der Waals surface area contributed by atoms with Crippen LogP contribution in [-0.2, 0) is 19.9 Å². The Hall–Kier alpha value is -3.19. The van der Waals surface area contributed by atoms with E-state index in [4.69, 9.17) is 10.5 Å². The van der Waals surface area contributed by atoms with Gasteiger partial charge >= 0.3 is 5.97 Å². The second-order valence-corrected chi connectivity index (χ2v) is 6.30. The number of benzene rings is 2. The lowest BCUT2D eigenvalue weighted by atomic mass is 9.88. The Morgan fingerprint density at radius 1 is 1.15 bits per heavy atom. The van der Waals surface area contributed by atoms with Crippen molar-refractivity contribution in [2.45, 2.75) is 18.9 Å². The maximum atomic E-state index is 12.9. The van der Waals surface area contributed by atoms with E-state index in [1.165, 1.54) is 0 Å². The fourth-order valence-electron chi connectivity index (χ4n) is 3.17. The maximum absolute atomic E-state index is 12.9. The molecule has 27 heavy (non-hydrogen) atoms. The summed E-state index contributed by atoms with van der Waals surface area (Å²) in [6.07, 6.45) is -0.438. The third-order valence-corrected chi connectivity index (χ3v) is 4.48. The molecule has 0 saturated carbocycles. The topological polar surface area (TPSA) is 110 Å². The van der Waals surface area contributed by atoms with Gasteiger partial charge in [-0.25, -0.2) is 0 Å². The highest BCUT2D eigenvalue weighted by Crippen LogP contribution is 2.42. The monoisotopic (exact) mass is 368 g/mol. The van der Waals surface area contributed by atoms with Crippen LogP contribution in [0.1, 0.15) is 29.3 Å². The Kier molecular flexibility index (Phi) is 4.96. The highest BCUT2D eigenvalue weighted by atomic mass is 16.5. The van der Waals surface area contributed by atoms with Crippen molar-refractivity contribution < 1.29 is 24.2 Å². The van der Waals surface area contributed by atoms with Crippen molar-refractivity contribution in [3.8, 4) is 0 Å². The fraction of sp³-hybridized carbons (Fsp3) is 0.250. The van der Waals surface area contributed by atoms with Crippen LogP contribution in [0.2, 0.25) is 0 Å². The largest absolute Gasteiger partial charge is 0.465 e. The molecular weight excluding hydrogens is 348 g/mol. The van der Waals surface area contributed by atoms with Crippen LogP contribution >= 0.6 is 0 Å². The van der Waals surface area contributed by atoms with Gasteiger partial charge in [0.1, 0.15) is 6.54 Å². The molecule has 1 atom stereocenters. The number of hydrogen-bond acceptors (Lipinski definition) is 6. The minimum atomic E-state index is -2.04. The number of rotatable bonds is 6. The van der Waals surface area contributed by atoms with Crippen LogP contribution in [0.4, 0.5) is 11.4 Å². The molecule has 1 amide bonds. The molecule has 1 aliphatic rings. The number of para-hydroxylation sites is 1. The second-order valence-electron chi connectivity index (χ2n) is 6.30. The van der Waals surface area contributed by atoms with E-state index in [2.05, 4.69) is 0 Å². The number of aliphatic hydroxyl groups is 1. The summed E-state index contributed by atoms with van der Waals surface area (Å²) in [6, 6.07) is 12.8. The number of fused-ring (bicyclic) bond motifs is 1. The van der Waals surface area contributed by atoms with Gasteiger partial charge in [-0.05, 0) is 37.3 Å². The van der Waals surface area contributed by atoms with Gasteiger partial charge in [-0.2, -0.15) is 0 Å². The molecule has 1 heterocycles. The number of amides is 1. The molecule has 1 aliphatic heterocycles. The van der Waals surface area contributed by atoms with Gasteiger partial charge in [0.05, 0.1) is 18.7 Å². The van der Waals surface area contributed by atoms with Crippen molar-refractivity contribution in [1.29, 1.82) is 0 Å². The number of ketones is 1. The standard InChI is InChI=1S/C20H20N2O5/c1-2-27-18(24)12-22-16-6-4-3-5-15(16)20(26,19(22)25)11-17(23)13-7-9-14(21)10-8-13/h3-10,26H,2,11-12,21H2,1H3/t20-/m0/s1. The highest BCUT2D eigenvalue weighted by molar-refractivity contribution is 6.12. The van der Waals surface area contributed by atoms with E-state index in [-0.39, 0.29) is 13.2 Å². The van der Waals surface area contributed by atoms with E-state index in [1.54, 1.807) is 55.5 Å². The first kappa shape index (κ1) is 18.6. The first-order valence-corrected chi connectivity index (χ1v) is 8.55. The fourth-order valence-corrected chi connectivity index (χ4v) is 3.17. The van der Waals surface area contributed by atoms with E-state index in [1.807, 2.05) is 0 Å². The zero-order valence-corrected chi connectivity index (χ0v) is 14.8. The molecule has 0 aliphatic carbocycles. The number of anilines is 2. The summed E-state index contributed by atoms with van der Waals surface area (Å²) in [5.41, 5.74) is 5.12. The number of nitrogen functional groups attached to an aromatic ring is 1. The minimum absolute atomic E-state index is 0.183. The average molecular weight is 368 g/mol. The molecule has 2 aromatic carbocycles. The van der Waals surface area contributed by atoms with Crippen LogP contribution in [0, 0.1) is 0 Å². The molecule has 0 unspecified atom stereocenters. The Bertz CT molecular complexity index is 894. The van der Waals surface area contributed by atoms with E-state index in [9.17, 15) is 19.5 Å². The summed E-state index contributed by atoms with van der Waals surface area (Å²) >= 11 is 0. The van der Waals surface area contributed by atoms with Crippen molar-refractivity contribution in [1.82, 2.24) is 0 Å². The summed E-state index contributed by atoms with van der Waals surface area (Å²) in [6.45, 7) is 1.52. The van der Waals surface area contributed by atoms with Gasteiger partial charge in [0.2, 0.25) is 0 Å². The SMILES string of the molecule is CCOC(=O)CN1C(=O)[C@](O)(CC(=O)c2ccc(N)cc2)c2ccccc21. The molecule has 3 rings (SSSR count). The quantitative estimate of drug-likeness (QED) is 0.456. The van der Waals surface area contributed by atoms with Crippen LogP contribution in [0.25, 0.3) is 0 Å². The van der Waals surface area contributed by atoms with Crippen LogP contribution in [-0.4, -0.2) is 35.9 Å². The van der Waals surface area contributed by atoms with Crippen molar-refractivity contribution in [3.05, 3.63) is 59.7 Å². The van der Waals surface area contributed by atoms with Crippen LogP contribution in [0.3, 0.4) is 0 Å². The molecule has 0 spiro atoms. The molecule has 0 aromatic heterocycles. The number of Topliss-reactive ketones (excluding diaryl/α,β-unsaturated/α-hetero) is 1. The first-order valence-electron chi connectivity index (χ1n) is 8.55. The lowest BCUT2D eigenvalue weighted by Crippen LogP contribution is -2.44. The van der Waals surface area contributed by atoms with E-state index < -0.39 is 29.7 Å². The number of carbonyl (C=O) groups excluding carboxylic acids is 3. The lowest BCUT2D eigenvalue weighted by molar-refractivity contribution is -0.144. The van der Waals surface area contributed by atoms with E-state index in [0.717, 1.165) is 4.90 Å². The molecule has 7 heteroatoms. The van der Waals surface area contributed by atoms with Crippen molar-refractivity contribution in [2.24, 2.45) is 0 Å². The van der Waals surface area contributed by atoms with Gasteiger partial charge in [0.15, 0.2) is 11.4 Å². The number of nitrogens with two attached hydrogens (primary N) is 1. The molecule has 0 radical (unpaired) electrons. The van der Waals surface area contributed by atoms with Gasteiger partial charge in [-0.15, -0.1) is 0 Å². The molecule has 7 nitrogen and oxygen atoms in total. The predicted octanol–water partition coefficient (Wildman–Crippen LogP) is 1.64. The van der Waals surface area contributed by atoms with E-state index >= 15 is 0 Å². The zero-order valence-electron chi connectivity index (χ0n) is 14.8. The highest BCUT2D eigenvalue weighted by Gasteiger charge is 2.51. The molecule has 2 aromatic rings. The molecule has 3 N–H and O–H groups in total. The second kappa shape index (κ2) is 7.20. The van der Waals surface area contributed by atoms with Crippen LogP contribution in [0.15, 0.2) is 48.5 Å². The van der Waals surface area contributed by atoms with E-state index in [0.29, 0.717) is 22.5 Å². The molecule has 0 bridgehead atoms. The predicted molar refractivity (Wildman–Crippen MR) is 99.1 cm³/mol. The van der Waals surface area contributed by atoms with Gasteiger partial charge in [0.25, 0.3) is 5.91 Å². The Balaban J connectivity index is 1.92. The summed E-state index contributed by atoms with van der Waals surface area (Å²) in [7, 11) is 0. The summed E-state index contributed by atoms with van der Waals surface area (Å²) in [5, 5.41) is 11.1. The third-order valence-electron chi connectivity index (χ3n) is 4.48. The molecule has 0 saturated heterocycles. The Morgan fingerprint density at radius 3 is 2.48 bits per heavy atom. The first-order chi connectivity index (χ1) is 12.9. The molecule has 140 valence electrons.